The highest BCUT2D eigenvalue weighted by atomic mass is 79.9. The number of hydrogen-bond acceptors (Lipinski definition) is 4. The normalized spacial score (nSPS) is 13.8. The monoisotopic (exact) mass is 379 g/mol. The molecule has 1 heterocycles. The predicted molar refractivity (Wildman–Crippen MR) is 75.8 cm³/mol. The molecule has 0 radical (unpaired) electrons. The van der Waals surface area contributed by atoms with E-state index in [4.69, 9.17) is 11.6 Å². The first kappa shape index (κ1) is 15.6. The van der Waals surface area contributed by atoms with Gasteiger partial charge in [0.25, 0.3) is 0 Å². The molecule has 98 valence electrons. The number of nitrogens with one attached hydrogen (secondary N) is 1. The molecule has 1 aromatic rings. The lowest BCUT2D eigenvalue weighted by atomic mass is 10.5. The number of rotatable bonds is 6. The van der Waals surface area contributed by atoms with Crippen LogP contribution in [0.3, 0.4) is 0 Å². The van der Waals surface area contributed by atoms with Crippen molar-refractivity contribution in [1.29, 1.82) is 0 Å². The van der Waals surface area contributed by atoms with Crippen LogP contribution in [0, 0.1) is 0 Å². The Morgan fingerprint density at radius 3 is 2.71 bits per heavy atom. The molecule has 0 bridgehead atoms. The van der Waals surface area contributed by atoms with Crippen molar-refractivity contribution >= 4 is 59.7 Å². The van der Waals surface area contributed by atoms with Crippen molar-refractivity contribution in [2.24, 2.45) is 0 Å². The second kappa shape index (κ2) is 6.63. The van der Waals surface area contributed by atoms with Crippen LogP contribution in [0.1, 0.15) is 6.42 Å². The van der Waals surface area contributed by atoms with Gasteiger partial charge in [-0.2, -0.15) is 0 Å². The minimum Gasteiger partial charge on any atom is -0.260 e. The van der Waals surface area contributed by atoms with Crippen molar-refractivity contribution < 1.29 is 12.6 Å². The first-order valence-electron chi connectivity index (χ1n) is 4.57. The fourth-order valence-electron chi connectivity index (χ4n) is 1.01. The molecule has 1 atom stereocenters. The molecule has 0 fully saturated rings. The lowest BCUT2D eigenvalue weighted by Crippen LogP contribution is -2.24. The van der Waals surface area contributed by atoms with Crippen LogP contribution < -0.4 is 4.72 Å². The van der Waals surface area contributed by atoms with Crippen LogP contribution in [-0.2, 0) is 20.8 Å². The minimum atomic E-state index is -3.50. The van der Waals surface area contributed by atoms with E-state index < -0.39 is 20.8 Å². The van der Waals surface area contributed by atoms with Crippen LogP contribution in [0.15, 0.2) is 14.1 Å². The van der Waals surface area contributed by atoms with Gasteiger partial charge in [0, 0.05) is 29.4 Å². The third kappa shape index (κ3) is 4.96. The van der Waals surface area contributed by atoms with E-state index in [0.717, 1.165) is 11.3 Å². The van der Waals surface area contributed by atoms with Crippen LogP contribution in [0.5, 0.6) is 0 Å². The zero-order valence-corrected chi connectivity index (χ0v) is 13.7. The Morgan fingerprint density at radius 2 is 2.24 bits per heavy atom. The largest absolute Gasteiger partial charge is 0.260 e. The van der Waals surface area contributed by atoms with E-state index in [1.165, 1.54) is 6.07 Å². The summed E-state index contributed by atoms with van der Waals surface area (Å²) in [5.74, 6) is 0.484. The Hall–Kier alpha value is 0.530. The van der Waals surface area contributed by atoms with Gasteiger partial charge in [-0.25, -0.2) is 13.1 Å². The molecule has 0 spiro atoms. The maximum Gasteiger partial charge on any atom is 0.250 e. The molecule has 9 heteroatoms. The molecule has 1 unspecified atom stereocenters. The number of sulfonamides is 1. The minimum absolute atomic E-state index is 0.173. The summed E-state index contributed by atoms with van der Waals surface area (Å²) in [5.41, 5.74) is 0. The molecule has 0 aliphatic carbocycles. The first-order valence-corrected chi connectivity index (χ1v) is 9.77. The second-order valence-electron chi connectivity index (χ2n) is 3.22. The maximum atomic E-state index is 11.8. The molecule has 4 nitrogen and oxygen atoms in total. The summed E-state index contributed by atoms with van der Waals surface area (Å²) in [4.78, 5) is 0. The van der Waals surface area contributed by atoms with Gasteiger partial charge in [-0.05, 0) is 28.4 Å². The lowest BCUT2D eigenvalue weighted by Gasteiger charge is -2.03. The second-order valence-corrected chi connectivity index (χ2v) is 9.54. The van der Waals surface area contributed by atoms with E-state index >= 15 is 0 Å². The summed E-state index contributed by atoms with van der Waals surface area (Å²) in [5, 5.41) is 0.380. The van der Waals surface area contributed by atoms with E-state index in [0.29, 0.717) is 21.0 Å². The third-order valence-electron chi connectivity index (χ3n) is 1.79. The summed E-state index contributed by atoms with van der Waals surface area (Å²) in [6, 6.07) is 1.40. The van der Waals surface area contributed by atoms with Crippen molar-refractivity contribution in [2.75, 3.05) is 18.6 Å². The van der Waals surface area contributed by atoms with Crippen LogP contribution in [0.25, 0.3) is 0 Å². The average molecular weight is 381 g/mol. The Labute approximate surface area is 120 Å². The van der Waals surface area contributed by atoms with Gasteiger partial charge in [0.2, 0.25) is 10.0 Å². The lowest BCUT2D eigenvalue weighted by molar-refractivity contribution is 0.583. The predicted octanol–water partition coefficient (Wildman–Crippen LogP) is 2.21. The van der Waals surface area contributed by atoms with E-state index in [-0.39, 0.29) is 10.8 Å². The highest BCUT2D eigenvalue weighted by Crippen LogP contribution is 2.34. The smallest absolute Gasteiger partial charge is 0.250 e. The van der Waals surface area contributed by atoms with Gasteiger partial charge in [-0.1, -0.05) is 11.6 Å². The first-order chi connectivity index (χ1) is 7.83. The molecular formula is C8H11BrClNO3S3. The van der Waals surface area contributed by atoms with Gasteiger partial charge in [-0.15, -0.1) is 11.3 Å². The zero-order valence-electron chi connectivity index (χ0n) is 8.90. The van der Waals surface area contributed by atoms with Crippen LogP contribution >= 0.6 is 38.9 Å². The van der Waals surface area contributed by atoms with E-state index in [1.807, 2.05) is 0 Å². The van der Waals surface area contributed by atoms with Crippen LogP contribution in [0.4, 0.5) is 0 Å². The molecule has 0 aliphatic heterocycles. The summed E-state index contributed by atoms with van der Waals surface area (Å²) >= 11 is 9.99. The molecule has 1 rings (SSSR count). The summed E-state index contributed by atoms with van der Waals surface area (Å²) in [6.07, 6.45) is 2.13. The van der Waals surface area contributed by atoms with Crippen molar-refractivity contribution in [3.05, 3.63) is 14.9 Å². The van der Waals surface area contributed by atoms with Gasteiger partial charge >= 0.3 is 0 Å². The maximum absolute atomic E-state index is 11.8. The van der Waals surface area contributed by atoms with Gasteiger partial charge in [0.05, 0.1) is 8.81 Å². The van der Waals surface area contributed by atoms with Gasteiger partial charge in [-0.3, -0.25) is 4.21 Å². The molecule has 17 heavy (non-hydrogen) atoms. The van der Waals surface area contributed by atoms with E-state index in [9.17, 15) is 12.6 Å². The molecule has 0 aliphatic rings. The zero-order chi connectivity index (χ0) is 13.1. The Balaban J connectivity index is 2.60. The fraction of sp³-hybridized carbons (Fsp3) is 0.500. The Bertz CT molecular complexity index is 495. The van der Waals surface area contributed by atoms with E-state index in [2.05, 4.69) is 20.7 Å². The van der Waals surface area contributed by atoms with Crippen LogP contribution in [-0.4, -0.2) is 31.2 Å². The summed E-state index contributed by atoms with van der Waals surface area (Å²) < 4.78 is 37.6. The number of hydrogen-bond donors (Lipinski definition) is 1. The molecule has 1 aromatic heterocycles. The van der Waals surface area contributed by atoms with Crippen LogP contribution in [0.2, 0.25) is 5.02 Å². The number of thiophene rings is 1. The van der Waals surface area contributed by atoms with Gasteiger partial charge in [0.1, 0.15) is 4.21 Å². The number of halogens is 2. The fourth-order valence-corrected chi connectivity index (χ4v) is 5.08. The third-order valence-corrected chi connectivity index (χ3v) is 7.06. The van der Waals surface area contributed by atoms with Crippen molar-refractivity contribution in [2.45, 2.75) is 10.6 Å². The topological polar surface area (TPSA) is 63.2 Å². The van der Waals surface area contributed by atoms with Gasteiger partial charge < -0.3 is 0 Å². The highest BCUT2D eigenvalue weighted by molar-refractivity contribution is 9.11. The average Bonchev–Trinajstić information content (AvgIpc) is 2.55. The SMILES string of the molecule is CS(=O)CCCNS(=O)(=O)c1cc(Cl)c(Br)s1. The summed E-state index contributed by atoms with van der Waals surface area (Å²) in [6.45, 7) is 0.273. The summed E-state index contributed by atoms with van der Waals surface area (Å²) in [7, 11) is -4.40. The molecule has 0 amide bonds. The van der Waals surface area contributed by atoms with Crippen molar-refractivity contribution in [3.63, 3.8) is 0 Å². The van der Waals surface area contributed by atoms with Crippen molar-refractivity contribution in [3.8, 4) is 0 Å². The molecule has 0 saturated heterocycles. The Kier molecular flexibility index (Phi) is 6.07. The Morgan fingerprint density at radius 1 is 1.59 bits per heavy atom. The highest BCUT2D eigenvalue weighted by Gasteiger charge is 2.18. The molecule has 0 aromatic carbocycles. The quantitative estimate of drug-likeness (QED) is 0.770. The standard InChI is InChI=1S/C8H11BrClNO3S3/c1-16(12)4-2-3-11-17(13,14)7-5-6(10)8(9)15-7/h5,11H,2-4H2,1H3. The molecule has 1 N–H and O–H groups in total. The molecular weight excluding hydrogens is 370 g/mol. The molecule has 0 saturated carbocycles. The van der Waals surface area contributed by atoms with Crippen molar-refractivity contribution in [1.82, 2.24) is 4.72 Å². The van der Waals surface area contributed by atoms with Gasteiger partial charge in [0.15, 0.2) is 0 Å². The van der Waals surface area contributed by atoms with E-state index in [1.54, 1.807) is 6.26 Å².